The lowest BCUT2D eigenvalue weighted by molar-refractivity contribution is 0.103. The predicted octanol–water partition coefficient (Wildman–Crippen LogP) is 2.52. The molecule has 5 heteroatoms. The number of ether oxygens (including phenoxy) is 1. The lowest BCUT2D eigenvalue weighted by Crippen LogP contribution is -2.08. The van der Waals surface area contributed by atoms with Crippen LogP contribution in [0.4, 0.5) is 0 Å². The third kappa shape index (κ3) is 2.05. The molecule has 0 bridgehead atoms. The first-order valence-corrected chi connectivity index (χ1v) is 8.14. The minimum absolute atomic E-state index is 0.103. The van der Waals surface area contributed by atoms with Crippen molar-refractivity contribution in [2.75, 3.05) is 7.11 Å². The van der Waals surface area contributed by atoms with Crippen LogP contribution in [-0.2, 0) is 15.6 Å². The van der Waals surface area contributed by atoms with Crippen LogP contribution in [0.15, 0.2) is 41.3 Å². The minimum atomic E-state index is -3.58. The molecule has 3 rings (SSSR count). The number of benzene rings is 2. The van der Waals surface area contributed by atoms with Crippen LogP contribution in [0.1, 0.15) is 27.0 Å². The van der Waals surface area contributed by atoms with Gasteiger partial charge in [-0.1, -0.05) is 24.3 Å². The fourth-order valence-electron chi connectivity index (χ4n) is 2.71. The Bertz CT molecular complexity index is 851. The van der Waals surface area contributed by atoms with Crippen LogP contribution in [0, 0.1) is 6.92 Å². The third-order valence-corrected chi connectivity index (χ3v) is 5.41. The molecule has 0 atom stereocenters. The largest absolute Gasteiger partial charge is 0.496 e. The van der Waals surface area contributed by atoms with Crippen LogP contribution in [0.3, 0.4) is 0 Å². The second-order valence-electron chi connectivity index (χ2n) is 5.02. The molecule has 0 aliphatic carbocycles. The number of hydrogen-bond donors (Lipinski definition) is 0. The highest BCUT2D eigenvalue weighted by atomic mass is 32.2. The molecule has 1 aliphatic rings. The average Bonchev–Trinajstić information content (AvgIpc) is 2.54. The molecule has 0 unspecified atom stereocenters. The molecule has 2 aromatic carbocycles. The highest BCUT2D eigenvalue weighted by Gasteiger charge is 2.32. The maximum absolute atomic E-state index is 12.8. The Morgan fingerprint density at radius 1 is 1.10 bits per heavy atom. The highest BCUT2D eigenvalue weighted by molar-refractivity contribution is 7.90. The normalized spacial score (nSPS) is 15.8. The van der Waals surface area contributed by atoms with Crippen molar-refractivity contribution in [1.82, 2.24) is 0 Å². The van der Waals surface area contributed by atoms with Crippen LogP contribution in [0.25, 0.3) is 0 Å². The third-order valence-electron chi connectivity index (χ3n) is 3.73. The van der Waals surface area contributed by atoms with Crippen molar-refractivity contribution in [3.8, 4) is 5.75 Å². The first-order valence-electron chi connectivity index (χ1n) is 6.48. The van der Waals surface area contributed by atoms with E-state index < -0.39 is 9.84 Å². The van der Waals surface area contributed by atoms with Gasteiger partial charge in [-0.3, -0.25) is 4.79 Å². The van der Waals surface area contributed by atoms with Gasteiger partial charge in [0, 0.05) is 16.7 Å². The van der Waals surface area contributed by atoms with E-state index in [2.05, 4.69) is 0 Å². The smallest absolute Gasteiger partial charge is 0.195 e. The Morgan fingerprint density at radius 2 is 1.81 bits per heavy atom. The standard InChI is InChI=1S/C16H14O4S/c1-10-5-3-8-14-15(10)16(17)11-6-4-7-13(20-2)12(11)9-21(14,18)19/h3-8H,9H2,1-2H3. The predicted molar refractivity (Wildman–Crippen MR) is 78.5 cm³/mol. The monoisotopic (exact) mass is 302 g/mol. The molecule has 0 spiro atoms. The highest BCUT2D eigenvalue weighted by Crippen LogP contribution is 2.35. The zero-order valence-electron chi connectivity index (χ0n) is 11.7. The summed E-state index contributed by atoms with van der Waals surface area (Å²) in [6, 6.07) is 9.92. The summed E-state index contributed by atoms with van der Waals surface area (Å²) >= 11 is 0. The first kappa shape index (κ1) is 13.8. The van der Waals surface area contributed by atoms with E-state index in [1.807, 2.05) is 0 Å². The molecular formula is C16H14O4S. The van der Waals surface area contributed by atoms with Crippen LogP contribution in [0.5, 0.6) is 5.75 Å². The zero-order valence-corrected chi connectivity index (χ0v) is 12.5. The molecule has 0 saturated heterocycles. The summed E-state index contributed by atoms with van der Waals surface area (Å²) in [5.74, 6) is -0.0675. The molecule has 0 radical (unpaired) electrons. The Morgan fingerprint density at radius 3 is 2.52 bits per heavy atom. The van der Waals surface area contributed by atoms with Gasteiger partial charge < -0.3 is 4.74 Å². The fraction of sp³-hybridized carbons (Fsp3) is 0.188. The average molecular weight is 302 g/mol. The number of rotatable bonds is 1. The van der Waals surface area contributed by atoms with Gasteiger partial charge in [-0.05, 0) is 24.6 Å². The van der Waals surface area contributed by atoms with Crippen molar-refractivity contribution < 1.29 is 17.9 Å². The molecule has 108 valence electrons. The maximum atomic E-state index is 12.8. The van der Waals surface area contributed by atoms with E-state index in [0.29, 0.717) is 22.4 Å². The number of hydrogen-bond acceptors (Lipinski definition) is 4. The van der Waals surface area contributed by atoms with Gasteiger partial charge in [0.25, 0.3) is 0 Å². The molecule has 4 nitrogen and oxygen atoms in total. The van der Waals surface area contributed by atoms with Crippen molar-refractivity contribution >= 4 is 15.6 Å². The topological polar surface area (TPSA) is 60.4 Å². The SMILES string of the molecule is COc1cccc2c1CS(=O)(=O)c1cccc(C)c1C2=O. The second-order valence-corrected chi connectivity index (χ2v) is 6.98. The van der Waals surface area contributed by atoms with E-state index in [0.717, 1.165) is 0 Å². The number of carbonyl (C=O) groups is 1. The van der Waals surface area contributed by atoms with Crippen LogP contribution >= 0.6 is 0 Å². The zero-order chi connectivity index (χ0) is 15.2. The van der Waals surface area contributed by atoms with E-state index in [9.17, 15) is 13.2 Å². The Hall–Kier alpha value is -2.14. The van der Waals surface area contributed by atoms with Crippen molar-refractivity contribution in [3.63, 3.8) is 0 Å². The van der Waals surface area contributed by atoms with E-state index in [1.165, 1.54) is 13.2 Å². The molecule has 1 heterocycles. The van der Waals surface area contributed by atoms with Crippen molar-refractivity contribution in [2.24, 2.45) is 0 Å². The molecule has 1 aliphatic heterocycles. The van der Waals surface area contributed by atoms with E-state index in [1.54, 1.807) is 37.3 Å². The minimum Gasteiger partial charge on any atom is -0.496 e. The number of methoxy groups -OCH3 is 1. The molecule has 2 aromatic rings. The van der Waals surface area contributed by atoms with Crippen LogP contribution in [0.2, 0.25) is 0 Å². The van der Waals surface area contributed by atoms with Crippen LogP contribution in [-0.4, -0.2) is 21.3 Å². The summed E-state index contributed by atoms with van der Waals surface area (Å²) in [5, 5.41) is 0. The molecular weight excluding hydrogens is 288 g/mol. The summed E-state index contributed by atoms with van der Waals surface area (Å²) in [6.07, 6.45) is 0. The Balaban J connectivity index is 2.41. The number of sulfone groups is 1. The number of fused-ring (bicyclic) bond motifs is 2. The number of carbonyl (C=O) groups excluding carboxylic acids is 1. The van der Waals surface area contributed by atoms with Gasteiger partial charge in [-0.2, -0.15) is 0 Å². The first-order chi connectivity index (χ1) is 9.95. The molecule has 0 saturated carbocycles. The summed E-state index contributed by atoms with van der Waals surface area (Å²) in [6.45, 7) is 1.75. The number of ketones is 1. The number of aryl methyl sites for hydroxylation is 1. The van der Waals surface area contributed by atoms with Gasteiger partial charge in [0.2, 0.25) is 0 Å². The summed E-state index contributed by atoms with van der Waals surface area (Å²) < 4.78 is 30.5. The molecule has 0 N–H and O–H groups in total. The Kier molecular flexibility index (Phi) is 3.10. The fourth-order valence-corrected chi connectivity index (χ4v) is 4.40. The molecule has 0 aromatic heterocycles. The lowest BCUT2D eigenvalue weighted by atomic mass is 9.96. The quantitative estimate of drug-likeness (QED) is 0.812. The van der Waals surface area contributed by atoms with E-state index >= 15 is 0 Å². The Labute approximate surface area is 123 Å². The van der Waals surface area contributed by atoms with Crippen LogP contribution < -0.4 is 4.74 Å². The van der Waals surface area contributed by atoms with Crippen molar-refractivity contribution in [1.29, 1.82) is 0 Å². The molecule has 0 amide bonds. The van der Waals surface area contributed by atoms with E-state index in [-0.39, 0.29) is 22.0 Å². The van der Waals surface area contributed by atoms with Crippen molar-refractivity contribution in [2.45, 2.75) is 17.6 Å². The lowest BCUT2D eigenvalue weighted by Gasteiger charge is -2.09. The van der Waals surface area contributed by atoms with Gasteiger partial charge >= 0.3 is 0 Å². The summed E-state index contributed by atoms with van der Waals surface area (Å²) in [4.78, 5) is 12.9. The van der Waals surface area contributed by atoms with Crippen molar-refractivity contribution in [3.05, 3.63) is 58.7 Å². The summed E-state index contributed by atoms with van der Waals surface area (Å²) in [7, 11) is -2.11. The van der Waals surface area contributed by atoms with Gasteiger partial charge in [0.1, 0.15) is 5.75 Å². The van der Waals surface area contributed by atoms with Gasteiger partial charge in [0.05, 0.1) is 17.8 Å². The summed E-state index contributed by atoms with van der Waals surface area (Å²) in [5.41, 5.74) is 1.76. The molecule has 21 heavy (non-hydrogen) atoms. The van der Waals surface area contributed by atoms with Gasteiger partial charge in [-0.25, -0.2) is 8.42 Å². The molecule has 0 fully saturated rings. The van der Waals surface area contributed by atoms with E-state index in [4.69, 9.17) is 4.74 Å². The van der Waals surface area contributed by atoms with Gasteiger partial charge in [0.15, 0.2) is 15.6 Å². The van der Waals surface area contributed by atoms with Gasteiger partial charge in [-0.15, -0.1) is 0 Å². The maximum Gasteiger partial charge on any atom is 0.195 e. The second kappa shape index (κ2) is 4.70.